The highest BCUT2D eigenvalue weighted by Crippen LogP contribution is 2.27. The molecule has 3 atom stereocenters. The first-order chi connectivity index (χ1) is 18.4. The second-order valence-corrected chi connectivity index (χ2v) is 10.8. The van der Waals surface area contributed by atoms with E-state index in [9.17, 15) is 14.7 Å². The Hall–Kier alpha value is -3.49. The molecule has 0 spiro atoms. The first-order valence-electron chi connectivity index (χ1n) is 13.6. The molecular weight excluding hydrogens is 478 g/mol. The number of amides is 1. The fraction of sp³-hybridized carbons (Fsp3) is 0.433. The Bertz CT molecular complexity index is 1320. The van der Waals surface area contributed by atoms with E-state index in [4.69, 9.17) is 0 Å². The van der Waals surface area contributed by atoms with E-state index in [2.05, 4.69) is 39.6 Å². The summed E-state index contributed by atoms with van der Waals surface area (Å²) in [6, 6.07) is 15.7. The van der Waals surface area contributed by atoms with Gasteiger partial charge in [0.1, 0.15) is 0 Å². The average molecular weight is 516 g/mol. The van der Waals surface area contributed by atoms with Gasteiger partial charge in [0, 0.05) is 37.1 Å². The largest absolute Gasteiger partial charge is 0.392 e. The lowest BCUT2D eigenvalue weighted by molar-refractivity contribution is 0.0618. The Morgan fingerprint density at radius 1 is 1.16 bits per heavy atom. The molecule has 5 rings (SSSR count). The third kappa shape index (κ3) is 6.14. The Kier molecular flexibility index (Phi) is 7.90. The van der Waals surface area contributed by atoms with E-state index in [-0.39, 0.29) is 41.4 Å². The summed E-state index contributed by atoms with van der Waals surface area (Å²) in [4.78, 5) is 33.1. The molecule has 0 unspecified atom stereocenters. The third-order valence-corrected chi connectivity index (χ3v) is 7.53. The molecule has 8 nitrogen and oxygen atoms in total. The standard InChI is InChI=1S/C30H37N5O3/c1-20-10-11-23(29(37)32-24-12-13-24)17-26(20)35-16-14-31-28(30(35)38)33-27(22-7-4-3-5-8-22)21(2)18-34-15-6-9-25(36)19-34/h3-5,7-8,10-11,14,16-17,21,24-25,27,36H,6,9,12-13,15,18-19H2,1-2H3,(H,31,33)(H,32,37)/t21-,25+,27+/m0/s1. The Morgan fingerprint density at radius 2 is 1.95 bits per heavy atom. The van der Waals surface area contributed by atoms with Crippen molar-refractivity contribution in [2.75, 3.05) is 25.0 Å². The van der Waals surface area contributed by atoms with Gasteiger partial charge in [0.15, 0.2) is 5.82 Å². The number of carbonyl (C=O) groups is 1. The van der Waals surface area contributed by atoms with Crippen LogP contribution in [-0.2, 0) is 0 Å². The number of rotatable bonds is 9. The van der Waals surface area contributed by atoms with Crippen LogP contribution < -0.4 is 16.2 Å². The minimum Gasteiger partial charge on any atom is -0.392 e. The number of aryl methyl sites for hydroxylation is 1. The van der Waals surface area contributed by atoms with E-state index in [0.29, 0.717) is 17.8 Å². The molecule has 2 fully saturated rings. The van der Waals surface area contributed by atoms with E-state index in [1.807, 2.05) is 31.2 Å². The lowest BCUT2D eigenvalue weighted by atomic mass is 9.93. The van der Waals surface area contributed by atoms with Crippen molar-refractivity contribution >= 4 is 11.7 Å². The quantitative estimate of drug-likeness (QED) is 0.402. The summed E-state index contributed by atoms with van der Waals surface area (Å²) in [6.45, 7) is 6.52. The average Bonchev–Trinajstić information content (AvgIpc) is 3.73. The SMILES string of the molecule is Cc1ccc(C(=O)NC2CC2)cc1-n1ccnc(N[C@@H](c2ccccc2)[C@@H](C)CN2CCC[C@@H](O)C2)c1=O. The zero-order valence-corrected chi connectivity index (χ0v) is 22.1. The maximum atomic E-state index is 13.7. The van der Waals surface area contributed by atoms with Gasteiger partial charge in [-0.05, 0) is 68.3 Å². The van der Waals surface area contributed by atoms with Crippen molar-refractivity contribution in [2.45, 2.75) is 57.7 Å². The second kappa shape index (κ2) is 11.5. The van der Waals surface area contributed by atoms with Crippen molar-refractivity contribution in [1.82, 2.24) is 19.8 Å². The maximum Gasteiger partial charge on any atom is 0.297 e. The van der Waals surface area contributed by atoms with E-state index >= 15 is 0 Å². The lowest BCUT2D eigenvalue weighted by Crippen LogP contribution is -2.42. The number of aliphatic hydroxyl groups is 1. The van der Waals surface area contributed by atoms with Gasteiger partial charge in [0.2, 0.25) is 0 Å². The molecule has 1 aliphatic heterocycles. The number of aliphatic hydroxyl groups excluding tert-OH is 1. The highest BCUT2D eigenvalue weighted by Gasteiger charge is 2.27. The highest BCUT2D eigenvalue weighted by molar-refractivity contribution is 5.95. The van der Waals surface area contributed by atoms with Crippen molar-refractivity contribution in [1.29, 1.82) is 0 Å². The van der Waals surface area contributed by atoms with E-state index in [1.54, 1.807) is 29.1 Å². The van der Waals surface area contributed by atoms with Gasteiger partial charge in [-0.2, -0.15) is 0 Å². The fourth-order valence-electron chi connectivity index (χ4n) is 5.28. The molecule has 2 aliphatic rings. The van der Waals surface area contributed by atoms with Gasteiger partial charge < -0.3 is 20.6 Å². The number of nitrogens with one attached hydrogen (secondary N) is 2. The van der Waals surface area contributed by atoms with Gasteiger partial charge in [0.05, 0.1) is 17.8 Å². The topological polar surface area (TPSA) is 99.5 Å². The lowest BCUT2D eigenvalue weighted by Gasteiger charge is -2.35. The zero-order valence-electron chi connectivity index (χ0n) is 22.1. The predicted octanol–water partition coefficient (Wildman–Crippen LogP) is 3.68. The summed E-state index contributed by atoms with van der Waals surface area (Å²) in [6.07, 6.45) is 6.85. The van der Waals surface area contributed by atoms with Crippen LogP contribution in [0.2, 0.25) is 0 Å². The summed E-state index contributed by atoms with van der Waals surface area (Å²) in [5.41, 5.74) is 2.90. The molecular formula is C30H37N5O3. The van der Waals surface area contributed by atoms with Crippen LogP contribution in [0.1, 0.15) is 60.1 Å². The predicted molar refractivity (Wildman–Crippen MR) is 149 cm³/mol. The minimum absolute atomic E-state index is 0.116. The van der Waals surface area contributed by atoms with Crippen LogP contribution in [0, 0.1) is 12.8 Å². The van der Waals surface area contributed by atoms with Crippen molar-refractivity contribution in [2.24, 2.45) is 5.92 Å². The zero-order chi connectivity index (χ0) is 26.6. The molecule has 200 valence electrons. The number of aromatic nitrogens is 2. The van der Waals surface area contributed by atoms with Crippen LogP contribution in [0.5, 0.6) is 0 Å². The molecule has 3 aromatic rings. The van der Waals surface area contributed by atoms with Crippen LogP contribution in [0.25, 0.3) is 5.69 Å². The van der Waals surface area contributed by atoms with E-state index < -0.39 is 0 Å². The Morgan fingerprint density at radius 3 is 2.68 bits per heavy atom. The number of β-amino-alcohol motifs (C(OH)–C–C–N with tert-alkyl or cyclic N) is 1. The minimum atomic E-state index is -0.285. The van der Waals surface area contributed by atoms with E-state index in [1.165, 1.54) is 0 Å². The number of piperidine rings is 1. The van der Waals surface area contributed by atoms with Gasteiger partial charge >= 0.3 is 0 Å². The van der Waals surface area contributed by atoms with Crippen molar-refractivity contribution in [3.63, 3.8) is 0 Å². The molecule has 1 saturated heterocycles. The molecule has 2 heterocycles. The monoisotopic (exact) mass is 515 g/mol. The molecule has 2 aromatic carbocycles. The van der Waals surface area contributed by atoms with Crippen LogP contribution in [0.15, 0.2) is 65.7 Å². The Balaban J connectivity index is 1.42. The first kappa shape index (κ1) is 26.1. The smallest absolute Gasteiger partial charge is 0.297 e. The molecule has 1 aliphatic carbocycles. The van der Waals surface area contributed by atoms with Crippen molar-refractivity contribution < 1.29 is 9.90 Å². The number of likely N-dealkylation sites (tertiary alicyclic amines) is 1. The van der Waals surface area contributed by atoms with Crippen molar-refractivity contribution in [3.05, 3.63) is 88.0 Å². The third-order valence-electron chi connectivity index (χ3n) is 7.53. The molecule has 1 amide bonds. The number of benzene rings is 2. The van der Waals surface area contributed by atoms with Gasteiger partial charge in [-0.1, -0.05) is 43.3 Å². The molecule has 0 bridgehead atoms. The molecule has 1 saturated carbocycles. The number of anilines is 1. The van der Waals surface area contributed by atoms with Gasteiger partial charge in [0.25, 0.3) is 11.5 Å². The second-order valence-electron chi connectivity index (χ2n) is 10.8. The van der Waals surface area contributed by atoms with Crippen LogP contribution in [0.4, 0.5) is 5.82 Å². The van der Waals surface area contributed by atoms with Crippen LogP contribution in [-0.4, -0.2) is 57.2 Å². The van der Waals surface area contributed by atoms with Gasteiger partial charge in [-0.15, -0.1) is 0 Å². The number of nitrogens with zero attached hydrogens (tertiary/aromatic N) is 3. The number of hydrogen-bond acceptors (Lipinski definition) is 6. The molecule has 8 heteroatoms. The fourth-order valence-corrected chi connectivity index (χ4v) is 5.28. The Labute approximate surface area is 223 Å². The normalized spacial score (nSPS) is 19.5. The summed E-state index contributed by atoms with van der Waals surface area (Å²) in [5, 5.41) is 16.6. The van der Waals surface area contributed by atoms with Gasteiger partial charge in [-0.3, -0.25) is 14.2 Å². The summed E-state index contributed by atoms with van der Waals surface area (Å²) >= 11 is 0. The molecule has 3 N–H and O–H groups in total. The van der Waals surface area contributed by atoms with Crippen LogP contribution in [0.3, 0.4) is 0 Å². The molecule has 0 radical (unpaired) electrons. The van der Waals surface area contributed by atoms with E-state index in [0.717, 1.165) is 49.9 Å². The number of hydrogen-bond donors (Lipinski definition) is 3. The summed E-state index contributed by atoms with van der Waals surface area (Å²) < 4.78 is 1.56. The molecule has 38 heavy (non-hydrogen) atoms. The first-order valence-corrected chi connectivity index (χ1v) is 13.6. The van der Waals surface area contributed by atoms with Gasteiger partial charge in [-0.25, -0.2) is 4.98 Å². The highest BCUT2D eigenvalue weighted by atomic mass is 16.3. The summed E-state index contributed by atoms with van der Waals surface area (Å²) in [5.74, 6) is 0.294. The number of carbonyl (C=O) groups excluding carboxylic acids is 1. The van der Waals surface area contributed by atoms with Crippen LogP contribution >= 0.6 is 0 Å². The van der Waals surface area contributed by atoms with Crippen molar-refractivity contribution in [3.8, 4) is 5.69 Å². The summed E-state index contributed by atoms with van der Waals surface area (Å²) in [7, 11) is 0. The molecule has 1 aromatic heterocycles. The maximum absolute atomic E-state index is 13.7.